The van der Waals surface area contributed by atoms with Crippen molar-refractivity contribution in [2.75, 3.05) is 0 Å². The van der Waals surface area contributed by atoms with Crippen LogP contribution in [0.5, 0.6) is 0 Å². The minimum absolute atomic E-state index is 1.28. The Morgan fingerprint density at radius 2 is 0.800 bits per heavy atom. The molecule has 20 heavy (non-hydrogen) atoms. The van der Waals surface area contributed by atoms with Crippen LogP contribution in [0, 0.1) is 0 Å². The van der Waals surface area contributed by atoms with Crippen molar-refractivity contribution in [1.29, 1.82) is 0 Å². The number of rotatable bonds is 14. The van der Waals surface area contributed by atoms with Gasteiger partial charge >= 0.3 is 156 Å². The molecule has 0 aliphatic rings. The summed E-state index contributed by atoms with van der Waals surface area (Å²) in [5, 5.41) is 0. The maximum absolute atomic E-state index is 6.73. The summed E-state index contributed by atoms with van der Waals surface area (Å²) in [6.45, 7) is 11.6. The van der Waals surface area contributed by atoms with E-state index in [9.17, 15) is 0 Å². The van der Waals surface area contributed by atoms with Gasteiger partial charge in [-0.2, -0.15) is 0 Å². The van der Waals surface area contributed by atoms with Gasteiger partial charge in [-0.25, -0.2) is 0 Å². The summed E-state index contributed by atoms with van der Waals surface area (Å²) < 4.78 is 20.5. The van der Waals surface area contributed by atoms with Gasteiger partial charge in [0.25, 0.3) is 0 Å². The van der Waals surface area contributed by atoms with E-state index in [1.165, 1.54) is 52.7 Å². The second kappa shape index (κ2) is 16.4. The van der Waals surface area contributed by atoms with Crippen molar-refractivity contribution in [3.8, 4) is 0 Å². The van der Waals surface area contributed by atoms with Gasteiger partial charge in [0.15, 0.2) is 0 Å². The Kier molecular flexibility index (Phi) is 18.5. The molecule has 0 fully saturated rings. The molecule has 0 aliphatic heterocycles. The van der Waals surface area contributed by atoms with Gasteiger partial charge in [-0.3, -0.25) is 0 Å². The third-order valence-corrected chi connectivity index (χ3v) is 52.0. The molecule has 0 heterocycles. The normalized spacial score (nSPS) is 12.0. The summed E-state index contributed by atoms with van der Waals surface area (Å²) in [5.41, 5.74) is 0. The van der Waals surface area contributed by atoms with Crippen LogP contribution in [-0.2, 0) is 1.78 Å². The Morgan fingerprint density at radius 1 is 0.500 bits per heavy atom. The van der Waals surface area contributed by atoms with Gasteiger partial charge in [0, 0.05) is 0 Å². The zero-order valence-electron chi connectivity index (χ0n) is 14.2. The quantitative estimate of drug-likeness (QED) is 0.214. The van der Waals surface area contributed by atoms with Crippen LogP contribution in [0.15, 0.2) is 0 Å². The zero-order chi connectivity index (χ0) is 15.2. The van der Waals surface area contributed by atoms with Crippen molar-refractivity contribution < 1.29 is 1.78 Å². The maximum atomic E-state index is 6.73. The van der Waals surface area contributed by atoms with Gasteiger partial charge in [-0.1, -0.05) is 0 Å². The number of hydrogen-bond donors (Lipinski definition) is 0. The third kappa shape index (κ3) is 12.0. The molecule has 0 aromatic heterocycles. The molecule has 0 bridgehead atoms. The molecule has 0 aliphatic carbocycles. The summed E-state index contributed by atoms with van der Waals surface area (Å²) in [7, 11) is 0. The van der Waals surface area contributed by atoms with Gasteiger partial charge in [0.05, 0.1) is 0 Å². The topological polar surface area (TPSA) is 18.5 Å². The van der Waals surface area contributed by atoms with Crippen LogP contribution in [0.25, 0.3) is 0 Å². The fourth-order valence-corrected chi connectivity index (χ4v) is 61.1. The van der Waals surface area contributed by atoms with Crippen molar-refractivity contribution in [3.63, 3.8) is 0 Å². The fourth-order valence-electron chi connectivity index (χ4n) is 1.92. The van der Waals surface area contributed by atoms with E-state index >= 15 is 0 Å². The summed E-state index contributed by atoms with van der Waals surface area (Å²) in [5.74, 6) is 0. The molecule has 0 unspecified atom stereocenters. The Morgan fingerprint density at radius 3 is 1.05 bits per heavy atom. The van der Waals surface area contributed by atoms with Crippen molar-refractivity contribution in [3.05, 3.63) is 0 Å². The van der Waals surface area contributed by atoms with Crippen molar-refractivity contribution in [2.45, 2.75) is 87.4 Å². The number of hydrogen-bond acceptors (Lipinski definition) is 2. The molecular weight excluding hydrogens is 839 g/mol. The van der Waals surface area contributed by atoms with Gasteiger partial charge in [-0.15, -0.1) is 0 Å². The minimum atomic E-state index is -1.99. The van der Waals surface area contributed by atoms with E-state index in [1.54, 1.807) is 0 Å². The van der Waals surface area contributed by atoms with E-state index in [-0.39, 0.29) is 0 Å². The average molecular weight is 874 g/mol. The van der Waals surface area contributed by atoms with Crippen LogP contribution in [0.2, 0.25) is 20.6 Å². The SMILES string of the molecule is CC[CH2][Bi]([CH2]CC)[O][Bi]([CH2]CC)[O][Bi]([CH2]CC)[CH2]CC. The molecule has 0 amide bonds. The van der Waals surface area contributed by atoms with Gasteiger partial charge in [0.2, 0.25) is 0 Å². The molecule has 2 nitrogen and oxygen atoms in total. The van der Waals surface area contributed by atoms with E-state index in [2.05, 4.69) is 34.6 Å². The van der Waals surface area contributed by atoms with Gasteiger partial charge in [-0.05, 0) is 0 Å². The van der Waals surface area contributed by atoms with Crippen molar-refractivity contribution >= 4 is 67.0 Å². The first-order valence-electron chi connectivity index (χ1n) is 8.35. The Hall–Kier alpha value is 2.57. The summed E-state index contributed by atoms with van der Waals surface area (Å²) in [6, 6.07) is 0. The van der Waals surface area contributed by atoms with Crippen LogP contribution in [0.1, 0.15) is 66.7 Å². The van der Waals surface area contributed by atoms with Crippen molar-refractivity contribution in [2.24, 2.45) is 0 Å². The summed E-state index contributed by atoms with van der Waals surface area (Å²) in [4.78, 5) is 0. The van der Waals surface area contributed by atoms with Crippen LogP contribution in [0.4, 0.5) is 0 Å². The second-order valence-electron chi connectivity index (χ2n) is 5.08. The fraction of sp³-hybridized carbons (Fsp3) is 1.00. The van der Waals surface area contributed by atoms with Crippen LogP contribution < -0.4 is 0 Å². The second-order valence-corrected chi connectivity index (χ2v) is 36.3. The molecule has 122 valence electrons. The molecule has 5 heteroatoms. The zero-order valence-corrected chi connectivity index (χ0v) is 24.7. The molecule has 0 saturated carbocycles. The van der Waals surface area contributed by atoms with E-state index < -0.39 is 67.0 Å². The van der Waals surface area contributed by atoms with Gasteiger partial charge in [0.1, 0.15) is 0 Å². The Balaban J connectivity index is 4.41. The van der Waals surface area contributed by atoms with E-state index in [0.717, 1.165) is 0 Å². The summed E-state index contributed by atoms with van der Waals surface area (Å²) in [6.07, 6.45) is 6.61. The summed E-state index contributed by atoms with van der Waals surface area (Å²) >= 11 is -5.17. The van der Waals surface area contributed by atoms with Crippen LogP contribution in [-0.4, -0.2) is 67.0 Å². The molecule has 0 aromatic carbocycles. The van der Waals surface area contributed by atoms with Crippen molar-refractivity contribution in [1.82, 2.24) is 0 Å². The van der Waals surface area contributed by atoms with Gasteiger partial charge < -0.3 is 0 Å². The van der Waals surface area contributed by atoms with E-state index in [1.807, 2.05) is 0 Å². The molecular formula is C15H35Bi3O2. The standard InChI is InChI=1S/5C3H7.3Bi.2O/c5*1-3-2;;;;;/h5*1,3H2,2H3;;;;;. The molecule has 0 radical (unpaired) electrons. The molecule has 0 aromatic rings. The molecule has 0 atom stereocenters. The first-order chi connectivity index (χ1) is 9.71. The first-order valence-corrected chi connectivity index (χ1v) is 26.3. The Bertz CT molecular complexity index is 176. The van der Waals surface area contributed by atoms with Crippen LogP contribution >= 0.6 is 0 Å². The molecule has 0 N–H and O–H groups in total. The molecule has 0 spiro atoms. The monoisotopic (exact) mass is 874 g/mol. The first kappa shape index (κ1) is 22.6. The average Bonchev–Trinajstić information content (AvgIpc) is 2.40. The molecule has 0 rings (SSSR count). The van der Waals surface area contributed by atoms with E-state index in [4.69, 9.17) is 1.78 Å². The predicted octanol–water partition coefficient (Wildman–Crippen LogP) is 5.54. The van der Waals surface area contributed by atoms with Crippen LogP contribution in [0.3, 0.4) is 0 Å². The third-order valence-electron chi connectivity index (χ3n) is 2.71. The van der Waals surface area contributed by atoms with E-state index in [0.29, 0.717) is 0 Å². The molecule has 0 saturated heterocycles. The predicted molar refractivity (Wildman–Crippen MR) is 94.9 cm³/mol. The Labute approximate surface area is 154 Å².